The summed E-state index contributed by atoms with van der Waals surface area (Å²) in [5.41, 5.74) is 1.33. The molecule has 3 nitrogen and oxygen atoms in total. The number of hydrogen-bond acceptors (Lipinski definition) is 3. The van der Waals surface area contributed by atoms with Gasteiger partial charge < -0.3 is 9.47 Å². The molecule has 2 aliphatic heterocycles. The van der Waals surface area contributed by atoms with E-state index >= 15 is 0 Å². The van der Waals surface area contributed by atoms with Crippen LogP contribution in [0.4, 0.5) is 0 Å². The Balaban J connectivity index is 0.00000120. The molecule has 0 atom stereocenters. The monoisotopic (exact) mass is 269 g/mol. The Labute approximate surface area is 114 Å². The van der Waals surface area contributed by atoms with Crippen LogP contribution in [0.1, 0.15) is 24.8 Å². The Kier molecular flexibility index (Phi) is 4.72. The fourth-order valence-corrected chi connectivity index (χ4v) is 2.56. The van der Waals surface area contributed by atoms with E-state index in [0.717, 1.165) is 18.0 Å². The third-order valence-corrected chi connectivity index (χ3v) is 3.46. The first-order valence-electron chi connectivity index (χ1n) is 6.53. The number of likely N-dealkylation sites (tertiary alicyclic amines) is 1. The maximum absolute atomic E-state index is 5.61. The van der Waals surface area contributed by atoms with Crippen molar-refractivity contribution < 1.29 is 9.47 Å². The van der Waals surface area contributed by atoms with Gasteiger partial charge in [-0.2, -0.15) is 0 Å². The van der Waals surface area contributed by atoms with E-state index in [2.05, 4.69) is 17.0 Å². The van der Waals surface area contributed by atoms with Gasteiger partial charge in [0.05, 0.1) is 0 Å². The van der Waals surface area contributed by atoms with E-state index in [0.29, 0.717) is 13.2 Å². The molecule has 0 spiro atoms. The van der Waals surface area contributed by atoms with Gasteiger partial charge in [-0.3, -0.25) is 4.90 Å². The molecule has 0 aromatic heterocycles. The van der Waals surface area contributed by atoms with Gasteiger partial charge in [-0.1, -0.05) is 12.5 Å². The van der Waals surface area contributed by atoms with Gasteiger partial charge in [0.25, 0.3) is 0 Å². The van der Waals surface area contributed by atoms with E-state index < -0.39 is 0 Å². The first kappa shape index (κ1) is 13.5. The zero-order chi connectivity index (χ0) is 11.5. The van der Waals surface area contributed by atoms with Crippen LogP contribution in [0.2, 0.25) is 0 Å². The van der Waals surface area contributed by atoms with Crippen molar-refractivity contribution in [3.05, 3.63) is 23.8 Å². The molecule has 0 amide bonds. The summed E-state index contributed by atoms with van der Waals surface area (Å²) >= 11 is 0. The minimum absolute atomic E-state index is 0. The lowest BCUT2D eigenvalue weighted by atomic mass is 10.1. The van der Waals surface area contributed by atoms with E-state index in [1.807, 2.05) is 6.07 Å². The summed E-state index contributed by atoms with van der Waals surface area (Å²) in [6.45, 7) is 4.83. The molecule has 2 heterocycles. The van der Waals surface area contributed by atoms with Crippen molar-refractivity contribution >= 4 is 12.4 Å². The predicted octanol–water partition coefficient (Wildman–Crippen LogP) is 2.87. The molecule has 4 heteroatoms. The SMILES string of the molecule is Cl.c1cc2c(cc1CN1CCCCC1)OCCO2. The summed E-state index contributed by atoms with van der Waals surface area (Å²) in [7, 11) is 0. The third-order valence-electron chi connectivity index (χ3n) is 3.46. The van der Waals surface area contributed by atoms with Crippen LogP contribution in [-0.4, -0.2) is 31.2 Å². The number of hydrogen-bond donors (Lipinski definition) is 0. The molecule has 18 heavy (non-hydrogen) atoms. The minimum atomic E-state index is 0. The lowest BCUT2D eigenvalue weighted by Crippen LogP contribution is -2.29. The zero-order valence-corrected chi connectivity index (χ0v) is 11.4. The van der Waals surface area contributed by atoms with Gasteiger partial charge in [-0.25, -0.2) is 0 Å². The van der Waals surface area contributed by atoms with Crippen LogP contribution in [0.3, 0.4) is 0 Å². The first-order valence-corrected chi connectivity index (χ1v) is 6.53. The average molecular weight is 270 g/mol. The highest BCUT2D eigenvalue weighted by Gasteiger charge is 2.14. The largest absolute Gasteiger partial charge is 0.486 e. The molecular formula is C14H20ClNO2. The standard InChI is InChI=1S/C14H19NO2.ClH/c1-2-6-15(7-3-1)11-12-4-5-13-14(10-12)17-9-8-16-13;/h4-5,10H,1-3,6-9,11H2;1H. The highest BCUT2D eigenvalue weighted by molar-refractivity contribution is 5.85. The Morgan fingerprint density at radius 2 is 1.67 bits per heavy atom. The number of ether oxygens (including phenoxy) is 2. The molecule has 0 saturated carbocycles. The molecule has 2 aliphatic rings. The van der Waals surface area contributed by atoms with Crippen molar-refractivity contribution in [2.24, 2.45) is 0 Å². The van der Waals surface area contributed by atoms with Crippen LogP contribution in [0, 0.1) is 0 Å². The molecule has 0 aliphatic carbocycles. The van der Waals surface area contributed by atoms with Crippen molar-refractivity contribution in [3.63, 3.8) is 0 Å². The van der Waals surface area contributed by atoms with E-state index in [9.17, 15) is 0 Å². The molecule has 1 aromatic carbocycles. The van der Waals surface area contributed by atoms with Gasteiger partial charge in [-0.05, 0) is 43.6 Å². The lowest BCUT2D eigenvalue weighted by molar-refractivity contribution is 0.170. The van der Waals surface area contributed by atoms with E-state index in [-0.39, 0.29) is 12.4 Å². The van der Waals surface area contributed by atoms with Gasteiger partial charge in [-0.15, -0.1) is 12.4 Å². The Bertz CT molecular complexity index is 391. The van der Waals surface area contributed by atoms with Crippen LogP contribution in [-0.2, 0) is 6.54 Å². The fourth-order valence-electron chi connectivity index (χ4n) is 2.56. The van der Waals surface area contributed by atoms with Gasteiger partial charge in [0.2, 0.25) is 0 Å². The van der Waals surface area contributed by atoms with Crippen LogP contribution in [0.25, 0.3) is 0 Å². The first-order chi connectivity index (χ1) is 8.42. The molecule has 0 radical (unpaired) electrons. The predicted molar refractivity (Wildman–Crippen MR) is 73.8 cm³/mol. The second-order valence-corrected chi connectivity index (χ2v) is 4.81. The summed E-state index contributed by atoms with van der Waals surface area (Å²) in [5, 5.41) is 0. The summed E-state index contributed by atoms with van der Waals surface area (Å²) in [5.74, 6) is 1.80. The summed E-state index contributed by atoms with van der Waals surface area (Å²) in [6, 6.07) is 6.32. The lowest BCUT2D eigenvalue weighted by Gasteiger charge is -2.27. The van der Waals surface area contributed by atoms with Crippen molar-refractivity contribution in [1.29, 1.82) is 0 Å². The Morgan fingerprint density at radius 3 is 2.44 bits per heavy atom. The highest BCUT2D eigenvalue weighted by atomic mass is 35.5. The summed E-state index contributed by atoms with van der Waals surface area (Å²) < 4.78 is 11.1. The van der Waals surface area contributed by atoms with E-state index in [1.165, 1.54) is 37.9 Å². The number of nitrogens with zero attached hydrogens (tertiary/aromatic N) is 1. The number of halogens is 1. The number of benzene rings is 1. The maximum Gasteiger partial charge on any atom is 0.161 e. The van der Waals surface area contributed by atoms with Crippen molar-refractivity contribution in [1.82, 2.24) is 4.90 Å². The molecular weight excluding hydrogens is 250 g/mol. The molecule has 1 fully saturated rings. The fraction of sp³-hybridized carbons (Fsp3) is 0.571. The number of rotatable bonds is 2. The highest BCUT2D eigenvalue weighted by Crippen LogP contribution is 2.31. The second kappa shape index (κ2) is 6.30. The maximum atomic E-state index is 5.61. The molecule has 0 N–H and O–H groups in total. The third kappa shape index (κ3) is 3.09. The van der Waals surface area contributed by atoms with Crippen LogP contribution in [0.5, 0.6) is 11.5 Å². The van der Waals surface area contributed by atoms with Gasteiger partial charge in [0.15, 0.2) is 11.5 Å². The average Bonchev–Trinajstić information content (AvgIpc) is 2.40. The van der Waals surface area contributed by atoms with Crippen molar-refractivity contribution in [3.8, 4) is 11.5 Å². The topological polar surface area (TPSA) is 21.7 Å². The van der Waals surface area contributed by atoms with Gasteiger partial charge >= 0.3 is 0 Å². The van der Waals surface area contributed by atoms with Crippen LogP contribution >= 0.6 is 12.4 Å². The number of piperidine rings is 1. The normalized spacial score (nSPS) is 19.1. The van der Waals surface area contributed by atoms with E-state index in [1.54, 1.807) is 0 Å². The van der Waals surface area contributed by atoms with Crippen LogP contribution < -0.4 is 9.47 Å². The Morgan fingerprint density at radius 1 is 0.944 bits per heavy atom. The minimum Gasteiger partial charge on any atom is -0.486 e. The van der Waals surface area contributed by atoms with Crippen molar-refractivity contribution in [2.75, 3.05) is 26.3 Å². The van der Waals surface area contributed by atoms with E-state index in [4.69, 9.17) is 9.47 Å². The molecule has 3 rings (SSSR count). The molecule has 100 valence electrons. The van der Waals surface area contributed by atoms with Gasteiger partial charge in [0, 0.05) is 6.54 Å². The molecule has 0 unspecified atom stereocenters. The molecule has 0 bridgehead atoms. The second-order valence-electron chi connectivity index (χ2n) is 4.81. The zero-order valence-electron chi connectivity index (χ0n) is 10.6. The Hall–Kier alpha value is -0.930. The van der Waals surface area contributed by atoms with Gasteiger partial charge in [0.1, 0.15) is 13.2 Å². The van der Waals surface area contributed by atoms with Crippen LogP contribution in [0.15, 0.2) is 18.2 Å². The molecule has 1 saturated heterocycles. The smallest absolute Gasteiger partial charge is 0.161 e. The van der Waals surface area contributed by atoms with Crippen molar-refractivity contribution in [2.45, 2.75) is 25.8 Å². The summed E-state index contributed by atoms with van der Waals surface area (Å²) in [6.07, 6.45) is 4.06. The summed E-state index contributed by atoms with van der Waals surface area (Å²) in [4.78, 5) is 2.52. The number of fused-ring (bicyclic) bond motifs is 1. The molecule has 1 aromatic rings. The quantitative estimate of drug-likeness (QED) is 0.824.